The summed E-state index contributed by atoms with van der Waals surface area (Å²) in [5.41, 5.74) is 5.57. The smallest absolute Gasteiger partial charge is 0.196 e. The van der Waals surface area contributed by atoms with Crippen molar-refractivity contribution < 1.29 is 4.74 Å². The Kier molecular flexibility index (Phi) is 4.79. The zero-order chi connectivity index (χ0) is 16.8. The Labute approximate surface area is 143 Å². The van der Waals surface area contributed by atoms with Crippen LogP contribution in [-0.2, 0) is 0 Å². The lowest BCUT2D eigenvalue weighted by Crippen LogP contribution is -2.01. The predicted molar refractivity (Wildman–Crippen MR) is 94.1 cm³/mol. The third-order valence-electron chi connectivity index (χ3n) is 3.18. The summed E-state index contributed by atoms with van der Waals surface area (Å²) in [4.78, 5) is 8.42. The molecule has 0 spiro atoms. The lowest BCUT2D eigenvalue weighted by Gasteiger charge is -2.00. The SMILES string of the molecule is COc1ccc(-c2csc(/C(C#N)=N\Nc3ccncc3)n2)cc1. The van der Waals surface area contributed by atoms with Crippen molar-refractivity contribution in [2.45, 2.75) is 0 Å². The highest BCUT2D eigenvalue weighted by atomic mass is 32.1. The topological polar surface area (TPSA) is 83.2 Å². The van der Waals surface area contributed by atoms with E-state index in [9.17, 15) is 5.26 Å². The van der Waals surface area contributed by atoms with Gasteiger partial charge in [-0.15, -0.1) is 11.3 Å². The highest BCUT2D eigenvalue weighted by molar-refractivity contribution is 7.12. The molecule has 1 N–H and O–H groups in total. The number of pyridine rings is 1. The van der Waals surface area contributed by atoms with E-state index in [2.05, 4.69) is 26.6 Å². The number of benzene rings is 1. The van der Waals surface area contributed by atoms with Crippen LogP contribution in [0.15, 0.2) is 59.3 Å². The van der Waals surface area contributed by atoms with Crippen LogP contribution in [0.1, 0.15) is 5.01 Å². The van der Waals surface area contributed by atoms with Gasteiger partial charge in [0.2, 0.25) is 0 Å². The zero-order valence-electron chi connectivity index (χ0n) is 12.8. The Balaban J connectivity index is 1.81. The van der Waals surface area contributed by atoms with Crippen molar-refractivity contribution in [3.8, 4) is 23.1 Å². The van der Waals surface area contributed by atoms with Gasteiger partial charge in [0.15, 0.2) is 10.7 Å². The maximum Gasteiger partial charge on any atom is 0.196 e. The van der Waals surface area contributed by atoms with E-state index in [4.69, 9.17) is 4.74 Å². The van der Waals surface area contributed by atoms with Crippen molar-refractivity contribution in [3.05, 3.63) is 59.2 Å². The first-order valence-electron chi connectivity index (χ1n) is 7.04. The number of hydrogen-bond acceptors (Lipinski definition) is 7. The van der Waals surface area contributed by atoms with Gasteiger partial charge in [-0.3, -0.25) is 10.4 Å². The number of aromatic nitrogens is 2. The van der Waals surface area contributed by atoms with Gasteiger partial charge in [0.25, 0.3) is 0 Å². The second-order valence-corrected chi connectivity index (χ2v) is 5.54. The fourth-order valence-corrected chi connectivity index (χ4v) is 2.71. The van der Waals surface area contributed by atoms with Crippen LogP contribution in [0.3, 0.4) is 0 Å². The minimum Gasteiger partial charge on any atom is -0.497 e. The minimum atomic E-state index is 0.233. The average molecular weight is 335 g/mol. The molecule has 7 heteroatoms. The van der Waals surface area contributed by atoms with E-state index in [1.54, 1.807) is 31.6 Å². The zero-order valence-corrected chi connectivity index (χ0v) is 13.6. The van der Waals surface area contributed by atoms with E-state index in [1.807, 2.05) is 29.6 Å². The number of hydrogen-bond donors (Lipinski definition) is 1. The molecule has 0 bridgehead atoms. The first kappa shape index (κ1) is 15.6. The number of ether oxygens (including phenoxy) is 1. The van der Waals surface area contributed by atoms with E-state index < -0.39 is 0 Å². The molecule has 3 rings (SSSR count). The summed E-state index contributed by atoms with van der Waals surface area (Å²) in [5.74, 6) is 0.787. The third-order valence-corrected chi connectivity index (χ3v) is 4.02. The van der Waals surface area contributed by atoms with Crippen molar-refractivity contribution in [2.75, 3.05) is 12.5 Å². The molecule has 0 aliphatic rings. The first-order chi connectivity index (χ1) is 11.8. The van der Waals surface area contributed by atoms with Gasteiger partial charge in [0.05, 0.1) is 18.5 Å². The number of methoxy groups -OCH3 is 1. The molecule has 0 saturated carbocycles. The molecule has 0 saturated heterocycles. The van der Waals surface area contributed by atoms with Gasteiger partial charge >= 0.3 is 0 Å². The Morgan fingerprint density at radius 2 is 1.96 bits per heavy atom. The Morgan fingerprint density at radius 3 is 2.62 bits per heavy atom. The van der Waals surface area contributed by atoms with Crippen LogP contribution >= 0.6 is 11.3 Å². The van der Waals surface area contributed by atoms with Gasteiger partial charge in [-0.2, -0.15) is 10.4 Å². The molecule has 0 aliphatic carbocycles. The van der Waals surface area contributed by atoms with Crippen LogP contribution in [0.25, 0.3) is 11.3 Å². The number of hydrazone groups is 1. The Hall–Kier alpha value is -3.24. The standard InChI is InChI=1S/C17H13N5OS/c1-23-14-4-2-12(3-5-14)16-11-24-17(20-16)15(10-18)22-21-13-6-8-19-9-7-13/h2-9,11H,1H3,(H,19,21)/b22-15-. The third kappa shape index (κ3) is 3.56. The molecule has 0 atom stereocenters. The molecule has 118 valence electrons. The molecular formula is C17H13N5OS. The van der Waals surface area contributed by atoms with Crippen LogP contribution in [-0.4, -0.2) is 22.8 Å². The molecule has 2 aromatic heterocycles. The maximum atomic E-state index is 9.32. The van der Waals surface area contributed by atoms with Crippen LogP contribution in [0.4, 0.5) is 5.69 Å². The second kappa shape index (κ2) is 7.35. The summed E-state index contributed by atoms with van der Waals surface area (Å²) >= 11 is 1.37. The van der Waals surface area contributed by atoms with E-state index in [-0.39, 0.29) is 5.71 Å². The summed E-state index contributed by atoms with van der Waals surface area (Å²) < 4.78 is 5.15. The highest BCUT2D eigenvalue weighted by Crippen LogP contribution is 2.24. The molecule has 0 amide bonds. The fraction of sp³-hybridized carbons (Fsp3) is 0.0588. The second-order valence-electron chi connectivity index (χ2n) is 4.69. The number of rotatable bonds is 5. The lowest BCUT2D eigenvalue weighted by molar-refractivity contribution is 0.415. The lowest BCUT2D eigenvalue weighted by atomic mass is 10.2. The Morgan fingerprint density at radius 1 is 1.21 bits per heavy atom. The molecule has 2 heterocycles. The molecule has 1 aromatic carbocycles. The fourth-order valence-electron chi connectivity index (χ4n) is 1.94. The number of nitrogens with zero attached hydrogens (tertiary/aromatic N) is 4. The van der Waals surface area contributed by atoms with Crippen molar-refractivity contribution in [2.24, 2.45) is 5.10 Å². The predicted octanol–water partition coefficient (Wildman–Crippen LogP) is 3.55. The highest BCUT2D eigenvalue weighted by Gasteiger charge is 2.10. The van der Waals surface area contributed by atoms with Crippen molar-refractivity contribution in [1.29, 1.82) is 5.26 Å². The van der Waals surface area contributed by atoms with Crippen LogP contribution in [0.2, 0.25) is 0 Å². The van der Waals surface area contributed by atoms with Gasteiger partial charge in [-0.05, 0) is 36.4 Å². The van der Waals surface area contributed by atoms with Gasteiger partial charge in [-0.1, -0.05) is 0 Å². The van der Waals surface area contributed by atoms with Crippen molar-refractivity contribution in [3.63, 3.8) is 0 Å². The normalized spacial score (nSPS) is 10.9. The van der Waals surface area contributed by atoms with E-state index >= 15 is 0 Å². The molecule has 0 fully saturated rings. The summed E-state index contributed by atoms with van der Waals surface area (Å²) in [6.45, 7) is 0. The number of nitriles is 1. The van der Waals surface area contributed by atoms with Crippen molar-refractivity contribution in [1.82, 2.24) is 9.97 Å². The summed E-state index contributed by atoms with van der Waals surface area (Å²) in [6.07, 6.45) is 3.30. The van der Waals surface area contributed by atoms with E-state index in [0.29, 0.717) is 5.01 Å². The summed E-state index contributed by atoms with van der Waals surface area (Å²) in [5, 5.41) is 15.9. The molecule has 24 heavy (non-hydrogen) atoms. The Bertz CT molecular complexity index is 881. The van der Waals surface area contributed by atoms with Crippen LogP contribution < -0.4 is 10.2 Å². The van der Waals surface area contributed by atoms with Gasteiger partial charge in [0.1, 0.15) is 11.8 Å². The molecule has 3 aromatic rings. The summed E-state index contributed by atoms with van der Waals surface area (Å²) in [7, 11) is 1.63. The van der Waals surface area contributed by atoms with Gasteiger partial charge in [-0.25, -0.2) is 4.98 Å². The summed E-state index contributed by atoms with van der Waals surface area (Å²) in [6, 6.07) is 13.2. The van der Waals surface area contributed by atoms with Crippen LogP contribution in [0.5, 0.6) is 5.75 Å². The number of anilines is 1. The van der Waals surface area contributed by atoms with Crippen molar-refractivity contribution >= 4 is 22.7 Å². The maximum absolute atomic E-state index is 9.32. The molecule has 0 aliphatic heterocycles. The average Bonchev–Trinajstić information content (AvgIpc) is 3.13. The van der Waals surface area contributed by atoms with Crippen LogP contribution in [0, 0.1) is 11.3 Å². The largest absolute Gasteiger partial charge is 0.497 e. The number of nitrogens with one attached hydrogen (secondary N) is 1. The van der Waals surface area contributed by atoms with Gasteiger partial charge in [0, 0.05) is 23.3 Å². The molecular weight excluding hydrogens is 322 g/mol. The minimum absolute atomic E-state index is 0.233. The molecule has 6 nitrogen and oxygen atoms in total. The molecule has 0 radical (unpaired) electrons. The van der Waals surface area contributed by atoms with E-state index in [1.165, 1.54) is 11.3 Å². The monoisotopic (exact) mass is 335 g/mol. The van der Waals surface area contributed by atoms with Gasteiger partial charge < -0.3 is 4.74 Å². The molecule has 0 unspecified atom stereocenters. The number of thiazole rings is 1. The van der Waals surface area contributed by atoms with E-state index in [0.717, 1.165) is 22.7 Å². The first-order valence-corrected chi connectivity index (χ1v) is 7.92. The quantitative estimate of drug-likeness (QED) is 0.569.